The molecule has 1 unspecified atom stereocenters. The fraction of sp³-hybridized carbons (Fsp3) is 0.867. The third-order valence-corrected chi connectivity index (χ3v) is 3.58. The molecule has 0 spiro atoms. The molecule has 2 radical (unpaired) electrons. The summed E-state index contributed by atoms with van der Waals surface area (Å²) in [5.74, 6) is 0.178. The van der Waals surface area contributed by atoms with Crippen LogP contribution in [0.5, 0.6) is 0 Å². The maximum absolute atomic E-state index is 12.6. The predicted octanol–water partition coefficient (Wildman–Crippen LogP) is 2.78. The fourth-order valence-electron chi connectivity index (χ4n) is 2.10. The Morgan fingerprint density at radius 1 is 1.14 bits per heavy atom. The second kappa shape index (κ2) is 9.96. The van der Waals surface area contributed by atoms with Gasteiger partial charge < -0.3 is 10.6 Å². The quantitative estimate of drug-likeness (QED) is 0.249. The Morgan fingerprint density at radius 3 is 2.18 bits per heavy atom. The molecule has 124 valence electrons. The van der Waals surface area contributed by atoms with Crippen LogP contribution in [0.4, 0.5) is 4.79 Å². The van der Waals surface area contributed by atoms with E-state index in [4.69, 9.17) is 0 Å². The van der Waals surface area contributed by atoms with Crippen molar-refractivity contribution in [3.05, 3.63) is 0 Å². The summed E-state index contributed by atoms with van der Waals surface area (Å²) in [6.45, 7) is 12.6. The van der Waals surface area contributed by atoms with E-state index in [0.29, 0.717) is 6.54 Å². The molecule has 1 atom stereocenters. The van der Waals surface area contributed by atoms with Gasteiger partial charge in [-0.05, 0) is 53.9 Å². The summed E-state index contributed by atoms with van der Waals surface area (Å²) in [6, 6.07) is -0.141. The molecule has 0 aromatic heterocycles. The van der Waals surface area contributed by atoms with Gasteiger partial charge in [-0.3, -0.25) is 9.59 Å². The van der Waals surface area contributed by atoms with Crippen LogP contribution < -0.4 is 10.6 Å². The van der Waals surface area contributed by atoms with Crippen molar-refractivity contribution in [1.82, 2.24) is 10.6 Å². The van der Waals surface area contributed by atoms with Crippen LogP contribution in [0.3, 0.4) is 0 Å². The Bertz CT molecular complexity index is 366. The minimum Gasteiger partial charge on any atom is -0.366 e. The minimum atomic E-state index is -0.374. The number of halogens is 1. The van der Waals surface area contributed by atoms with E-state index in [-0.39, 0.29) is 26.6 Å². The number of hydrogen-bond donors (Lipinski definition) is 2. The van der Waals surface area contributed by atoms with Crippen LogP contribution in [-0.2, 0) is 4.79 Å². The SMILES string of the molecule is C[B][B]C(=O)NCCCCC(NC(C)(C)C)C(=O)C(C)(C)I. The van der Waals surface area contributed by atoms with Gasteiger partial charge in [0.05, 0.1) is 16.6 Å². The maximum atomic E-state index is 12.6. The number of hydrogen-bond acceptors (Lipinski definition) is 3. The average molecular weight is 418 g/mol. The maximum Gasteiger partial charge on any atom is 0.186 e. The summed E-state index contributed by atoms with van der Waals surface area (Å²) in [4.78, 5) is 23.9. The van der Waals surface area contributed by atoms with E-state index in [9.17, 15) is 9.59 Å². The standard InChI is InChI=1S/C15H29B2IN2O2/c1-14(2,3)20-11(12(21)15(4,5)18)9-7-8-10-19-13(22)17-16-6/h11,20H,7-10H2,1-6H3,(H,19,22). The molecule has 7 heteroatoms. The van der Waals surface area contributed by atoms with Crippen LogP contribution in [0.1, 0.15) is 53.9 Å². The Balaban J connectivity index is 4.31. The summed E-state index contributed by atoms with van der Waals surface area (Å²) in [5.41, 5.74) is -0.0949. The number of nitrogens with one attached hydrogen (secondary N) is 2. The average Bonchev–Trinajstić information content (AvgIpc) is 2.33. The number of carbonyl (C=O) groups is 2. The largest absolute Gasteiger partial charge is 0.366 e. The first-order valence-electron chi connectivity index (χ1n) is 7.89. The van der Waals surface area contributed by atoms with Gasteiger partial charge in [-0.2, -0.15) is 0 Å². The van der Waals surface area contributed by atoms with Crippen molar-refractivity contribution in [3.8, 4) is 0 Å². The first kappa shape index (κ1) is 22.0. The molecule has 0 aromatic rings. The van der Waals surface area contributed by atoms with Crippen molar-refractivity contribution < 1.29 is 9.59 Å². The molecule has 0 saturated heterocycles. The molecule has 1 amide bonds. The van der Waals surface area contributed by atoms with Crippen LogP contribution in [0.25, 0.3) is 0 Å². The van der Waals surface area contributed by atoms with Crippen LogP contribution in [0, 0.1) is 0 Å². The van der Waals surface area contributed by atoms with Crippen molar-refractivity contribution in [1.29, 1.82) is 0 Å². The lowest BCUT2D eigenvalue weighted by molar-refractivity contribution is -0.122. The van der Waals surface area contributed by atoms with Gasteiger partial charge in [0.25, 0.3) is 0 Å². The topological polar surface area (TPSA) is 58.2 Å². The van der Waals surface area contributed by atoms with Gasteiger partial charge >= 0.3 is 0 Å². The Hall–Kier alpha value is -0.0401. The van der Waals surface area contributed by atoms with E-state index < -0.39 is 0 Å². The van der Waals surface area contributed by atoms with Crippen molar-refractivity contribution in [2.45, 2.75) is 75.7 Å². The molecular weight excluding hydrogens is 389 g/mol. The molecule has 0 saturated carbocycles. The van der Waals surface area contributed by atoms with E-state index >= 15 is 0 Å². The zero-order chi connectivity index (χ0) is 17.4. The molecule has 4 nitrogen and oxygen atoms in total. The van der Waals surface area contributed by atoms with E-state index in [0.717, 1.165) is 19.3 Å². The number of carbonyl (C=O) groups excluding carboxylic acids is 2. The lowest BCUT2D eigenvalue weighted by Gasteiger charge is -2.31. The van der Waals surface area contributed by atoms with Gasteiger partial charge in [0.1, 0.15) is 0 Å². The number of rotatable bonds is 10. The molecule has 0 bridgehead atoms. The normalized spacial score (nSPS) is 13.4. The summed E-state index contributed by atoms with van der Waals surface area (Å²) in [7, 11) is 3.24. The summed E-state index contributed by atoms with van der Waals surface area (Å²) < 4.78 is -0.374. The lowest BCUT2D eigenvalue weighted by Crippen LogP contribution is -2.51. The fourth-order valence-corrected chi connectivity index (χ4v) is 2.48. The zero-order valence-electron chi connectivity index (χ0n) is 14.8. The second-order valence-electron chi connectivity index (χ2n) is 7.07. The summed E-state index contributed by atoms with van der Waals surface area (Å²) in [5, 5.41) is 6.26. The van der Waals surface area contributed by atoms with Crippen molar-refractivity contribution in [3.63, 3.8) is 0 Å². The van der Waals surface area contributed by atoms with Gasteiger partial charge in [0, 0.05) is 12.1 Å². The third kappa shape index (κ3) is 10.6. The van der Waals surface area contributed by atoms with Gasteiger partial charge in [0.15, 0.2) is 18.8 Å². The van der Waals surface area contributed by atoms with E-state index in [1.807, 2.05) is 20.7 Å². The highest BCUT2D eigenvalue weighted by Gasteiger charge is 2.32. The Kier molecular flexibility index (Phi) is 9.94. The predicted molar refractivity (Wildman–Crippen MR) is 104 cm³/mol. The van der Waals surface area contributed by atoms with Gasteiger partial charge in [0.2, 0.25) is 0 Å². The van der Waals surface area contributed by atoms with Gasteiger partial charge in [-0.25, -0.2) is 0 Å². The van der Waals surface area contributed by atoms with Crippen molar-refractivity contribution in [2.24, 2.45) is 0 Å². The molecule has 0 fully saturated rings. The Morgan fingerprint density at radius 2 is 1.73 bits per heavy atom. The number of ketones is 1. The Labute approximate surface area is 150 Å². The number of alkyl halides is 1. The molecule has 2 N–H and O–H groups in total. The zero-order valence-corrected chi connectivity index (χ0v) is 16.9. The number of unbranched alkanes of at least 4 members (excludes halogenated alkanes) is 1. The van der Waals surface area contributed by atoms with Crippen molar-refractivity contribution >= 4 is 48.5 Å². The molecule has 0 aromatic carbocycles. The first-order valence-corrected chi connectivity index (χ1v) is 8.96. The van der Waals surface area contributed by atoms with Crippen molar-refractivity contribution in [2.75, 3.05) is 6.54 Å². The molecule has 22 heavy (non-hydrogen) atoms. The number of Topliss-reactive ketones (excluding diaryl/α,β-unsaturated/α-hetero) is 1. The van der Waals surface area contributed by atoms with Crippen LogP contribution >= 0.6 is 22.6 Å². The highest BCUT2D eigenvalue weighted by atomic mass is 127. The summed E-state index contributed by atoms with van der Waals surface area (Å²) in [6.07, 6.45) is 2.57. The lowest BCUT2D eigenvalue weighted by atomic mass is 9.40. The van der Waals surface area contributed by atoms with E-state index in [2.05, 4.69) is 54.0 Å². The summed E-state index contributed by atoms with van der Waals surface area (Å²) >= 11 is 2.20. The first-order chi connectivity index (χ1) is 9.97. The van der Waals surface area contributed by atoms with Crippen LogP contribution in [0.2, 0.25) is 6.82 Å². The molecule has 0 aliphatic carbocycles. The van der Waals surface area contributed by atoms with E-state index in [1.54, 1.807) is 7.17 Å². The highest BCUT2D eigenvalue weighted by molar-refractivity contribution is 14.1. The molecule has 0 heterocycles. The number of amides is 1. The van der Waals surface area contributed by atoms with Crippen LogP contribution in [-0.4, -0.2) is 47.5 Å². The smallest absolute Gasteiger partial charge is 0.186 e. The molecule has 0 rings (SSSR count). The van der Waals surface area contributed by atoms with E-state index in [1.165, 1.54) is 7.17 Å². The van der Waals surface area contributed by atoms with Gasteiger partial charge in [-0.1, -0.05) is 29.4 Å². The molecular formula is C15H29B2IN2O2. The van der Waals surface area contributed by atoms with Crippen LogP contribution in [0.15, 0.2) is 0 Å². The second-order valence-corrected chi connectivity index (χ2v) is 9.77. The minimum absolute atomic E-state index is 0.0589. The monoisotopic (exact) mass is 418 g/mol. The van der Waals surface area contributed by atoms with Gasteiger partial charge in [-0.15, -0.1) is 0 Å². The molecule has 0 aliphatic rings. The highest BCUT2D eigenvalue weighted by Crippen LogP contribution is 2.22. The third-order valence-electron chi connectivity index (χ3n) is 3.05. The molecule has 0 aliphatic heterocycles.